The quantitative estimate of drug-likeness (QED) is 0.257. The summed E-state index contributed by atoms with van der Waals surface area (Å²) in [4.78, 5) is 13.5. The predicted octanol–water partition coefficient (Wildman–Crippen LogP) is 4.82. The third kappa shape index (κ3) is 9.34. The number of sulfone groups is 1. The van der Waals surface area contributed by atoms with Gasteiger partial charge in [-0.3, -0.25) is 9.69 Å². The van der Waals surface area contributed by atoms with E-state index in [9.17, 15) is 34.8 Å². The van der Waals surface area contributed by atoms with Crippen LogP contribution in [0.3, 0.4) is 0 Å². The minimum atomic E-state index is -5.99. The summed E-state index contributed by atoms with van der Waals surface area (Å²) in [6, 6.07) is 18.5. The molecule has 1 atom stereocenters. The second-order valence-electron chi connectivity index (χ2n) is 9.62. The van der Waals surface area contributed by atoms with Crippen LogP contribution >= 0.6 is 24.2 Å². The van der Waals surface area contributed by atoms with Crippen molar-refractivity contribution in [3.05, 3.63) is 84.4 Å². The second kappa shape index (κ2) is 15.5. The lowest BCUT2D eigenvalue weighted by Crippen LogP contribution is -2.39. The fraction of sp³-hybridized carbons (Fsp3) is 0.321. The van der Waals surface area contributed by atoms with Gasteiger partial charge >= 0.3 is 5.51 Å². The number of nitrogens with zero attached hydrogens (tertiary/aromatic N) is 1. The molecule has 3 aromatic carbocycles. The number of halogens is 4. The zero-order valence-corrected chi connectivity index (χ0v) is 26.5. The standard InChI is InChI=1S/C28H30F3N3O6S3.ClH/c29-28(30,31)42(36,37)26-19-24(43(38,39)33-27(35)21-7-3-1-4-8-21)11-12-25(26)32-22(13-14-34-15-17-40-18-16-34)20-41-23-9-5-2-6-10-23;/h1-12,19,22,32H,13-18,20H2,(H,33,35);1H/t22-;/m1./s1. The van der Waals surface area contributed by atoms with Gasteiger partial charge < -0.3 is 10.1 Å². The second-order valence-corrected chi connectivity index (χ2v) is 14.3. The van der Waals surface area contributed by atoms with Gasteiger partial charge in [0.2, 0.25) is 0 Å². The average molecular weight is 694 g/mol. The average Bonchev–Trinajstić information content (AvgIpc) is 2.99. The maximum Gasteiger partial charge on any atom is 0.501 e. The Morgan fingerprint density at radius 2 is 1.55 bits per heavy atom. The lowest BCUT2D eigenvalue weighted by Gasteiger charge is -2.29. The molecule has 0 bridgehead atoms. The van der Waals surface area contributed by atoms with E-state index >= 15 is 0 Å². The molecule has 0 spiro atoms. The molecule has 2 N–H and O–H groups in total. The number of anilines is 1. The third-order valence-corrected chi connectivity index (χ3v) is 10.6. The molecule has 1 heterocycles. The molecule has 240 valence electrons. The van der Waals surface area contributed by atoms with Crippen LogP contribution in [-0.4, -0.2) is 77.8 Å². The summed E-state index contributed by atoms with van der Waals surface area (Å²) < 4.78 is 99.9. The highest BCUT2D eigenvalue weighted by Crippen LogP contribution is 2.36. The van der Waals surface area contributed by atoms with E-state index < -0.39 is 52.8 Å². The Hall–Kier alpha value is -2.82. The van der Waals surface area contributed by atoms with Crippen molar-refractivity contribution < 1.29 is 39.5 Å². The van der Waals surface area contributed by atoms with Crippen molar-refractivity contribution in [1.29, 1.82) is 0 Å². The molecule has 16 heteroatoms. The number of carbonyl (C=O) groups excluding carboxylic acids is 1. The molecule has 9 nitrogen and oxygen atoms in total. The summed E-state index contributed by atoms with van der Waals surface area (Å²) in [6.07, 6.45) is 0.457. The van der Waals surface area contributed by atoms with Gasteiger partial charge in [-0.15, -0.1) is 24.2 Å². The van der Waals surface area contributed by atoms with Crippen LogP contribution in [0, 0.1) is 0 Å². The number of hydrogen-bond acceptors (Lipinski definition) is 9. The summed E-state index contributed by atoms with van der Waals surface area (Å²) in [5, 5.41) is 2.94. The first-order valence-corrected chi connectivity index (χ1v) is 17.1. The van der Waals surface area contributed by atoms with Crippen LogP contribution in [0.1, 0.15) is 16.8 Å². The molecule has 1 amide bonds. The van der Waals surface area contributed by atoms with Crippen molar-refractivity contribution in [3.8, 4) is 0 Å². The monoisotopic (exact) mass is 693 g/mol. The smallest absolute Gasteiger partial charge is 0.380 e. The summed E-state index contributed by atoms with van der Waals surface area (Å²) in [5.41, 5.74) is -6.11. The molecule has 3 aromatic rings. The zero-order valence-electron chi connectivity index (χ0n) is 23.2. The van der Waals surface area contributed by atoms with Gasteiger partial charge in [0.1, 0.15) is 4.90 Å². The molecular formula is C28H31ClF3N3O6S3. The van der Waals surface area contributed by atoms with Crippen molar-refractivity contribution in [2.75, 3.05) is 43.9 Å². The van der Waals surface area contributed by atoms with Crippen LogP contribution in [-0.2, 0) is 24.6 Å². The number of ether oxygens (including phenoxy) is 1. The van der Waals surface area contributed by atoms with Gasteiger partial charge in [0.25, 0.3) is 25.8 Å². The van der Waals surface area contributed by atoms with E-state index in [0.717, 1.165) is 17.0 Å². The van der Waals surface area contributed by atoms with Crippen molar-refractivity contribution in [2.24, 2.45) is 0 Å². The molecule has 0 radical (unpaired) electrons. The van der Waals surface area contributed by atoms with Crippen LogP contribution in [0.25, 0.3) is 0 Å². The first kappa shape index (κ1) is 35.7. The van der Waals surface area contributed by atoms with Crippen LogP contribution in [0.5, 0.6) is 0 Å². The van der Waals surface area contributed by atoms with Gasteiger partial charge in [-0.1, -0.05) is 36.4 Å². The molecule has 4 rings (SSSR count). The van der Waals surface area contributed by atoms with Gasteiger partial charge in [0, 0.05) is 41.9 Å². The number of benzene rings is 3. The summed E-state index contributed by atoms with van der Waals surface area (Å²) >= 11 is 1.44. The Labute approximate surface area is 264 Å². The van der Waals surface area contributed by atoms with Gasteiger partial charge in [-0.05, 0) is 48.9 Å². The van der Waals surface area contributed by atoms with Crippen molar-refractivity contribution in [1.82, 2.24) is 9.62 Å². The highest BCUT2D eigenvalue weighted by Gasteiger charge is 2.48. The topological polar surface area (TPSA) is 122 Å². The first-order chi connectivity index (χ1) is 20.4. The lowest BCUT2D eigenvalue weighted by atomic mass is 10.2. The fourth-order valence-electron chi connectivity index (χ4n) is 4.26. The van der Waals surface area contributed by atoms with Crippen LogP contribution < -0.4 is 10.0 Å². The highest BCUT2D eigenvalue weighted by molar-refractivity contribution is 7.99. The molecule has 0 aromatic heterocycles. The van der Waals surface area contributed by atoms with Gasteiger partial charge in [0.05, 0.1) is 23.8 Å². The van der Waals surface area contributed by atoms with Crippen molar-refractivity contribution in [2.45, 2.75) is 32.7 Å². The van der Waals surface area contributed by atoms with Crippen molar-refractivity contribution >= 4 is 55.6 Å². The Balaban J connectivity index is 0.00000529. The van der Waals surface area contributed by atoms with Crippen LogP contribution in [0.4, 0.5) is 18.9 Å². The number of rotatable bonds is 12. The fourth-order valence-corrected chi connectivity index (χ4v) is 7.28. The maximum atomic E-state index is 13.8. The molecule has 44 heavy (non-hydrogen) atoms. The van der Waals surface area contributed by atoms with E-state index in [1.165, 1.54) is 36.0 Å². The number of alkyl halides is 3. The number of amides is 1. The number of carbonyl (C=O) groups is 1. The Morgan fingerprint density at radius 1 is 0.932 bits per heavy atom. The van der Waals surface area contributed by atoms with E-state index in [-0.39, 0.29) is 18.0 Å². The van der Waals surface area contributed by atoms with E-state index in [2.05, 4.69) is 10.2 Å². The first-order valence-electron chi connectivity index (χ1n) is 13.2. The number of nitrogens with one attached hydrogen (secondary N) is 2. The SMILES string of the molecule is Cl.O=C(NS(=O)(=O)c1ccc(N[C@H](CCN2CCOCC2)CSc2ccccc2)c(S(=O)(=O)C(F)(F)F)c1)c1ccccc1. The molecule has 1 fully saturated rings. The number of hydrogen-bond donors (Lipinski definition) is 2. The number of sulfonamides is 1. The maximum absolute atomic E-state index is 13.8. The van der Waals surface area contributed by atoms with E-state index in [1.807, 2.05) is 30.3 Å². The van der Waals surface area contributed by atoms with E-state index in [4.69, 9.17) is 4.74 Å². The molecule has 1 saturated heterocycles. The Kier molecular flexibility index (Phi) is 12.5. The minimum absolute atomic E-state index is 0. The Bertz CT molecular complexity index is 1610. The highest BCUT2D eigenvalue weighted by atomic mass is 35.5. The molecule has 0 unspecified atom stereocenters. The van der Waals surface area contributed by atoms with Crippen LogP contribution in [0.2, 0.25) is 0 Å². The number of morpholine rings is 1. The Morgan fingerprint density at radius 3 is 2.16 bits per heavy atom. The van der Waals surface area contributed by atoms with Gasteiger partial charge in [0.15, 0.2) is 0 Å². The molecular weight excluding hydrogens is 663 g/mol. The van der Waals surface area contributed by atoms with E-state index in [1.54, 1.807) is 10.8 Å². The molecule has 1 aliphatic rings. The van der Waals surface area contributed by atoms with Crippen LogP contribution in [0.15, 0.2) is 93.5 Å². The minimum Gasteiger partial charge on any atom is -0.380 e. The largest absolute Gasteiger partial charge is 0.501 e. The summed E-state index contributed by atoms with van der Waals surface area (Å²) in [6.45, 7) is 3.07. The summed E-state index contributed by atoms with van der Waals surface area (Å²) in [5.74, 6) is -0.642. The normalized spacial score (nSPS) is 15.2. The number of thioether (sulfide) groups is 1. The van der Waals surface area contributed by atoms with Crippen molar-refractivity contribution in [3.63, 3.8) is 0 Å². The third-order valence-electron chi connectivity index (χ3n) is 6.57. The zero-order chi connectivity index (χ0) is 31.1. The van der Waals surface area contributed by atoms with Gasteiger partial charge in [-0.2, -0.15) is 13.2 Å². The van der Waals surface area contributed by atoms with Gasteiger partial charge in [-0.25, -0.2) is 21.6 Å². The molecule has 1 aliphatic heterocycles. The predicted molar refractivity (Wildman–Crippen MR) is 164 cm³/mol. The molecule has 0 aliphatic carbocycles. The summed E-state index contributed by atoms with van der Waals surface area (Å²) in [7, 11) is -10.7. The van der Waals surface area contributed by atoms with E-state index in [0.29, 0.717) is 51.1 Å². The lowest BCUT2D eigenvalue weighted by molar-refractivity contribution is -0.0435. The molecule has 0 saturated carbocycles.